The molecule has 0 spiro atoms. The van der Waals surface area contributed by atoms with Crippen LogP contribution in [0.2, 0.25) is 0 Å². The molecule has 1 aliphatic rings. The number of unbranched alkanes of at least 4 members (excludes halogenated alkanes) is 2. The molecule has 0 aromatic carbocycles. The molecule has 0 aliphatic carbocycles. The van der Waals surface area contributed by atoms with E-state index in [1.165, 1.54) is 71.2 Å². The molecule has 1 rings (SSSR count). The molecule has 1 unspecified atom stereocenters. The first-order valence-electron chi connectivity index (χ1n) is 9.32. The summed E-state index contributed by atoms with van der Waals surface area (Å²) in [6.07, 6.45) is 8.33. The molecule has 1 N–H and O–H groups in total. The smallest absolute Gasteiger partial charge is 0.00159 e. The Kier molecular flexibility index (Phi) is 8.89. The van der Waals surface area contributed by atoms with Crippen molar-refractivity contribution in [1.82, 2.24) is 10.2 Å². The molecular formula is C19H40N2. The maximum atomic E-state index is 3.54. The fourth-order valence-electron chi connectivity index (χ4n) is 3.40. The molecule has 2 heteroatoms. The molecule has 0 bridgehead atoms. The maximum Gasteiger partial charge on any atom is -0.00159 e. The number of nitrogens with zero attached hydrogens (tertiary/aromatic N) is 1. The van der Waals surface area contributed by atoms with Crippen LogP contribution in [0, 0.1) is 17.3 Å². The number of hydrogen-bond donors (Lipinski definition) is 1. The summed E-state index contributed by atoms with van der Waals surface area (Å²) in [5.41, 5.74) is 0.498. The van der Waals surface area contributed by atoms with Gasteiger partial charge in [-0.1, -0.05) is 41.0 Å². The van der Waals surface area contributed by atoms with Gasteiger partial charge in [0.15, 0.2) is 0 Å². The van der Waals surface area contributed by atoms with Crippen molar-refractivity contribution in [2.75, 3.05) is 32.7 Å². The molecule has 0 radical (unpaired) electrons. The highest BCUT2D eigenvalue weighted by Crippen LogP contribution is 2.34. The van der Waals surface area contributed by atoms with Crippen molar-refractivity contribution >= 4 is 0 Å². The van der Waals surface area contributed by atoms with Crippen molar-refractivity contribution in [1.29, 1.82) is 0 Å². The Hall–Kier alpha value is -0.0800. The second-order valence-corrected chi connectivity index (χ2v) is 8.49. The first-order chi connectivity index (χ1) is 9.89. The minimum Gasteiger partial charge on any atom is -0.316 e. The molecule has 0 aromatic heterocycles. The molecule has 2 nitrogen and oxygen atoms in total. The van der Waals surface area contributed by atoms with Gasteiger partial charge in [0, 0.05) is 0 Å². The van der Waals surface area contributed by atoms with E-state index in [2.05, 4.69) is 44.8 Å². The molecule has 0 aromatic rings. The summed E-state index contributed by atoms with van der Waals surface area (Å²) in [6.45, 7) is 18.1. The highest BCUT2D eigenvalue weighted by atomic mass is 15.1. The van der Waals surface area contributed by atoms with Crippen molar-refractivity contribution in [3.05, 3.63) is 0 Å². The van der Waals surface area contributed by atoms with Crippen LogP contribution in [0.15, 0.2) is 0 Å². The quantitative estimate of drug-likeness (QED) is 0.661. The normalized spacial score (nSPS) is 21.7. The first kappa shape index (κ1) is 19.0. The summed E-state index contributed by atoms with van der Waals surface area (Å²) in [5, 5.41) is 3.54. The van der Waals surface area contributed by atoms with E-state index in [1.54, 1.807) is 0 Å². The van der Waals surface area contributed by atoms with E-state index in [0.29, 0.717) is 5.41 Å². The molecular weight excluding hydrogens is 256 g/mol. The zero-order valence-electron chi connectivity index (χ0n) is 15.4. The minimum atomic E-state index is 0.498. The second kappa shape index (κ2) is 9.84. The van der Waals surface area contributed by atoms with Crippen molar-refractivity contribution in [2.24, 2.45) is 17.3 Å². The van der Waals surface area contributed by atoms with E-state index in [-0.39, 0.29) is 0 Å². The third kappa shape index (κ3) is 8.83. The molecule has 1 atom stereocenters. The lowest BCUT2D eigenvalue weighted by molar-refractivity contribution is 0.207. The number of rotatable bonds is 8. The van der Waals surface area contributed by atoms with Gasteiger partial charge in [0.2, 0.25) is 0 Å². The van der Waals surface area contributed by atoms with Crippen molar-refractivity contribution in [3.63, 3.8) is 0 Å². The van der Waals surface area contributed by atoms with E-state index in [0.717, 1.165) is 11.8 Å². The summed E-state index contributed by atoms with van der Waals surface area (Å²) in [6, 6.07) is 0. The predicted octanol–water partition coefficient (Wildman–Crippen LogP) is 4.55. The Morgan fingerprint density at radius 1 is 1.05 bits per heavy atom. The Bertz CT molecular complexity index is 255. The third-order valence-electron chi connectivity index (χ3n) is 4.93. The van der Waals surface area contributed by atoms with Crippen LogP contribution < -0.4 is 5.32 Å². The lowest BCUT2D eigenvalue weighted by Gasteiger charge is -2.29. The van der Waals surface area contributed by atoms with Crippen molar-refractivity contribution < 1.29 is 0 Å². The molecule has 0 saturated carbocycles. The molecule has 21 heavy (non-hydrogen) atoms. The highest BCUT2D eigenvalue weighted by molar-refractivity contribution is 4.78. The monoisotopic (exact) mass is 296 g/mol. The number of nitrogens with one attached hydrogen (secondary N) is 1. The van der Waals surface area contributed by atoms with Crippen LogP contribution >= 0.6 is 0 Å². The lowest BCUT2D eigenvalue weighted by Crippen LogP contribution is -2.27. The van der Waals surface area contributed by atoms with Gasteiger partial charge in [-0.3, -0.25) is 0 Å². The van der Waals surface area contributed by atoms with Crippen LogP contribution in [-0.4, -0.2) is 37.6 Å². The Morgan fingerprint density at radius 3 is 2.48 bits per heavy atom. The topological polar surface area (TPSA) is 15.3 Å². The zero-order valence-corrected chi connectivity index (χ0v) is 15.4. The van der Waals surface area contributed by atoms with Crippen LogP contribution in [-0.2, 0) is 0 Å². The van der Waals surface area contributed by atoms with Gasteiger partial charge in [-0.05, 0) is 82.1 Å². The average Bonchev–Trinajstić information content (AvgIpc) is 2.62. The fourth-order valence-corrected chi connectivity index (χ4v) is 3.40. The summed E-state index contributed by atoms with van der Waals surface area (Å²) < 4.78 is 0. The van der Waals surface area contributed by atoms with Gasteiger partial charge >= 0.3 is 0 Å². The van der Waals surface area contributed by atoms with Gasteiger partial charge < -0.3 is 10.2 Å². The summed E-state index contributed by atoms with van der Waals surface area (Å²) in [5.74, 6) is 1.69. The minimum absolute atomic E-state index is 0.498. The van der Waals surface area contributed by atoms with Crippen LogP contribution in [0.5, 0.6) is 0 Å². The zero-order chi connectivity index (χ0) is 15.7. The van der Waals surface area contributed by atoms with Gasteiger partial charge in [-0.15, -0.1) is 0 Å². The number of likely N-dealkylation sites (tertiary alicyclic amines) is 1. The van der Waals surface area contributed by atoms with Gasteiger partial charge in [-0.2, -0.15) is 0 Å². The summed E-state index contributed by atoms with van der Waals surface area (Å²) in [4.78, 5) is 2.72. The van der Waals surface area contributed by atoms with Crippen LogP contribution in [0.4, 0.5) is 0 Å². The van der Waals surface area contributed by atoms with Crippen LogP contribution in [0.25, 0.3) is 0 Å². The fraction of sp³-hybridized carbons (Fsp3) is 1.00. The predicted molar refractivity (Wildman–Crippen MR) is 94.8 cm³/mol. The third-order valence-corrected chi connectivity index (χ3v) is 4.93. The van der Waals surface area contributed by atoms with Gasteiger partial charge in [-0.25, -0.2) is 0 Å². The Morgan fingerprint density at radius 2 is 1.81 bits per heavy atom. The van der Waals surface area contributed by atoms with Crippen LogP contribution in [0.3, 0.4) is 0 Å². The highest BCUT2D eigenvalue weighted by Gasteiger charge is 2.26. The molecule has 0 amide bonds. The van der Waals surface area contributed by atoms with E-state index in [4.69, 9.17) is 0 Å². The summed E-state index contributed by atoms with van der Waals surface area (Å²) in [7, 11) is 0. The van der Waals surface area contributed by atoms with Gasteiger partial charge in [0.25, 0.3) is 0 Å². The first-order valence-corrected chi connectivity index (χ1v) is 9.32. The van der Waals surface area contributed by atoms with E-state index >= 15 is 0 Å². The van der Waals surface area contributed by atoms with Crippen molar-refractivity contribution in [3.8, 4) is 0 Å². The maximum absolute atomic E-state index is 3.54. The van der Waals surface area contributed by atoms with Crippen molar-refractivity contribution in [2.45, 2.75) is 73.1 Å². The van der Waals surface area contributed by atoms with E-state index in [9.17, 15) is 0 Å². The molecule has 1 aliphatic heterocycles. The van der Waals surface area contributed by atoms with E-state index < -0.39 is 0 Å². The molecule has 1 heterocycles. The van der Waals surface area contributed by atoms with Gasteiger partial charge in [0.1, 0.15) is 0 Å². The Balaban J connectivity index is 2.05. The SMILES string of the molecule is CC(C)CNCCCCCN1CCCC(C(C)(C)C)CC1. The van der Waals surface area contributed by atoms with Gasteiger partial charge in [0.05, 0.1) is 0 Å². The average molecular weight is 297 g/mol. The largest absolute Gasteiger partial charge is 0.316 e. The molecule has 1 saturated heterocycles. The lowest BCUT2D eigenvalue weighted by atomic mass is 9.77. The van der Waals surface area contributed by atoms with Crippen LogP contribution in [0.1, 0.15) is 73.1 Å². The molecule has 126 valence electrons. The van der Waals surface area contributed by atoms with E-state index in [1.807, 2.05) is 0 Å². The number of hydrogen-bond acceptors (Lipinski definition) is 2. The molecule has 1 fully saturated rings. The summed E-state index contributed by atoms with van der Waals surface area (Å²) >= 11 is 0. The standard InChI is InChI=1S/C19H40N2/c1-17(2)16-20-12-7-6-8-13-21-14-9-10-18(11-15-21)19(3,4)5/h17-18,20H,6-16H2,1-5H3. The second-order valence-electron chi connectivity index (χ2n) is 8.49. The Labute approximate surface area is 134 Å².